The number of fused-ring (bicyclic) bond motifs is 1. The predicted molar refractivity (Wildman–Crippen MR) is 93.6 cm³/mol. The van der Waals surface area contributed by atoms with Crippen molar-refractivity contribution in [1.82, 2.24) is 4.90 Å². The highest BCUT2D eigenvalue weighted by Gasteiger charge is 2.56. The molecule has 4 amide bonds. The number of primary amides is 2. The van der Waals surface area contributed by atoms with Gasteiger partial charge >= 0.3 is 6.03 Å². The third kappa shape index (κ3) is 2.73. The van der Waals surface area contributed by atoms with E-state index in [-0.39, 0.29) is 30.3 Å². The number of rotatable bonds is 5. The minimum Gasteiger partial charge on any atom is -0.370 e. The van der Waals surface area contributed by atoms with Gasteiger partial charge < -0.3 is 16.4 Å². The van der Waals surface area contributed by atoms with E-state index in [2.05, 4.69) is 0 Å². The molecule has 1 aromatic carbocycles. The fourth-order valence-corrected chi connectivity index (χ4v) is 3.76. The Balaban J connectivity index is 1.85. The van der Waals surface area contributed by atoms with Crippen molar-refractivity contribution in [2.75, 3.05) is 18.0 Å². The van der Waals surface area contributed by atoms with E-state index < -0.39 is 11.4 Å². The Hall–Kier alpha value is -2.57. The van der Waals surface area contributed by atoms with Crippen molar-refractivity contribution >= 4 is 23.5 Å². The first-order valence-corrected chi connectivity index (χ1v) is 8.30. The summed E-state index contributed by atoms with van der Waals surface area (Å²) in [5.74, 6) is -0.858. The Morgan fingerprint density at radius 3 is 2.36 bits per heavy atom. The smallest absolute Gasteiger partial charge is 0.325 e. The number of hydrogen-bond acceptors (Lipinski definition) is 3. The Morgan fingerprint density at radius 1 is 1.20 bits per heavy atom. The van der Waals surface area contributed by atoms with Gasteiger partial charge in [0.2, 0.25) is 11.8 Å². The third-order valence-corrected chi connectivity index (χ3v) is 5.18. The zero-order chi connectivity index (χ0) is 18.4. The number of benzene rings is 1. The molecular formula is C18H23N4O3. The highest BCUT2D eigenvalue weighted by atomic mass is 16.2. The SMILES string of the molecule is CC(C)(CC(N)=O)c1ccc(N2C[C@@]3(C(N)=O)[CH]CCN3C2=O)cc1. The highest BCUT2D eigenvalue weighted by Crippen LogP contribution is 2.38. The molecule has 4 N–H and O–H groups in total. The van der Waals surface area contributed by atoms with Gasteiger partial charge in [0.05, 0.1) is 6.54 Å². The molecule has 7 nitrogen and oxygen atoms in total. The van der Waals surface area contributed by atoms with Gasteiger partial charge in [-0.3, -0.25) is 14.5 Å². The van der Waals surface area contributed by atoms with E-state index >= 15 is 0 Å². The molecule has 1 aromatic rings. The van der Waals surface area contributed by atoms with Gasteiger partial charge in [-0.15, -0.1) is 0 Å². The zero-order valence-electron chi connectivity index (χ0n) is 14.5. The van der Waals surface area contributed by atoms with Crippen LogP contribution in [0.25, 0.3) is 0 Å². The molecule has 1 radical (unpaired) electrons. The lowest BCUT2D eigenvalue weighted by Crippen LogP contribution is -2.53. The van der Waals surface area contributed by atoms with Crippen molar-refractivity contribution in [3.63, 3.8) is 0 Å². The molecular weight excluding hydrogens is 320 g/mol. The van der Waals surface area contributed by atoms with Crippen LogP contribution in [0.4, 0.5) is 10.5 Å². The van der Waals surface area contributed by atoms with Crippen LogP contribution in [-0.4, -0.2) is 41.4 Å². The van der Waals surface area contributed by atoms with Crippen molar-refractivity contribution in [3.05, 3.63) is 36.2 Å². The highest BCUT2D eigenvalue weighted by molar-refractivity contribution is 6.04. The van der Waals surface area contributed by atoms with Gasteiger partial charge in [0.15, 0.2) is 0 Å². The molecule has 2 saturated heterocycles. The fourth-order valence-electron chi connectivity index (χ4n) is 3.76. The lowest BCUT2D eigenvalue weighted by atomic mass is 9.81. The molecule has 25 heavy (non-hydrogen) atoms. The summed E-state index contributed by atoms with van der Waals surface area (Å²) in [5.41, 5.74) is 11.1. The summed E-state index contributed by atoms with van der Waals surface area (Å²) in [7, 11) is 0. The van der Waals surface area contributed by atoms with Gasteiger partial charge in [-0.1, -0.05) is 26.0 Å². The van der Waals surface area contributed by atoms with Crippen LogP contribution in [0.5, 0.6) is 0 Å². The molecule has 0 aromatic heterocycles. The monoisotopic (exact) mass is 343 g/mol. The summed E-state index contributed by atoms with van der Waals surface area (Å²) in [4.78, 5) is 39.0. The van der Waals surface area contributed by atoms with Crippen LogP contribution in [0.2, 0.25) is 0 Å². The molecule has 2 heterocycles. The number of nitrogens with zero attached hydrogens (tertiary/aromatic N) is 2. The molecule has 3 rings (SSSR count). The number of anilines is 1. The maximum absolute atomic E-state index is 12.7. The number of carbonyl (C=O) groups excluding carboxylic acids is 3. The van der Waals surface area contributed by atoms with E-state index in [1.54, 1.807) is 9.80 Å². The first-order valence-electron chi connectivity index (χ1n) is 8.30. The van der Waals surface area contributed by atoms with Gasteiger partial charge in [-0.2, -0.15) is 0 Å². The average molecular weight is 343 g/mol. The molecule has 0 aliphatic carbocycles. The van der Waals surface area contributed by atoms with Crippen LogP contribution >= 0.6 is 0 Å². The van der Waals surface area contributed by atoms with E-state index in [4.69, 9.17) is 11.5 Å². The van der Waals surface area contributed by atoms with Gasteiger partial charge in [0.25, 0.3) is 0 Å². The van der Waals surface area contributed by atoms with Crippen molar-refractivity contribution in [3.8, 4) is 0 Å². The van der Waals surface area contributed by atoms with Crippen molar-refractivity contribution in [2.24, 2.45) is 11.5 Å². The first kappa shape index (κ1) is 17.3. The first-order chi connectivity index (χ1) is 11.7. The average Bonchev–Trinajstić information content (AvgIpc) is 3.06. The molecule has 2 aliphatic heterocycles. The van der Waals surface area contributed by atoms with E-state index in [0.717, 1.165) is 5.56 Å². The van der Waals surface area contributed by atoms with E-state index in [0.29, 0.717) is 18.7 Å². The maximum Gasteiger partial charge on any atom is 0.325 e. The van der Waals surface area contributed by atoms with Gasteiger partial charge in [0, 0.05) is 25.1 Å². The summed E-state index contributed by atoms with van der Waals surface area (Å²) >= 11 is 0. The van der Waals surface area contributed by atoms with Gasteiger partial charge in [-0.25, -0.2) is 4.79 Å². The van der Waals surface area contributed by atoms with Gasteiger partial charge in [-0.05, 0) is 29.5 Å². The normalized spacial score (nSPS) is 23.0. The second-order valence-corrected chi connectivity index (χ2v) is 7.38. The fraction of sp³-hybridized carbons (Fsp3) is 0.444. The molecule has 0 saturated carbocycles. The molecule has 0 bridgehead atoms. The number of carbonyl (C=O) groups is 3. The number of amides is 4. The molecule has 133 valence electrons. The Bertz CT molecular complexity index is 728. The summed E-state index contributed by atoms with van der Waals surface area (Å²) in [6.45, 7) is 4.62. The van der Waals surface area contributed by atoms with Crippen molar-refractivity contribution in [2.45, 2.75) is 37.6 Å². The van der Waals surface area contributed by atoms with Crippen LogP contribution in [-0.2, 0) is 15.0 Å². The third-order valence-electron chi connectivity index (χ3n) is 5.18. The summed E-state index contributed by atoms with van der Waals surface area (Å²) in [6, 6.07) is 7.21. The molecule has 7 heteroatoms. The van der Waals surface area contributed by atoms with Crippen LogP contribution < -0.4 is 16.4 Å². The quantitative estimate of drug-likeness (QED) is 0.829. The number of nitrogens with two attached hydrogens (primary N) is 2. The van der Waals surface area contributed by atoms with E-state index in [9.17, 15) is 14.4 Å². The van der Waals surface area contributed by atoms with Crippen LogP contribution in [0.3, 0.4) is 0 Å². The molecule has 0 unspecified atom stereocenters. The lowest BCUT2D eigenvalue weighted by molar-refractivity contribution is -0.124. The molecule has 2 aliphatic rings. The molecule has 2 fully saturated rings. The number of hydrogen-bond donors (Lipinski definition) is 2. The topological polar surface area (TPSA) is 110 Å². The van der Waals surface area contributed by atoms with Gasteiger partial charge in [0.1, 0.15) is 5.54 Å². The van der Waals surface area contributed by atoms with Crippen molar-refractivity contribution in [1.29, 1.82) is 0 Å². The predicted octanol–water partition coefficient (Wildman–Crippen LogP) is 0.914. The zero-order valence-corrected chi connectivity index (χ0v) is 14.5. The Labute approximate surface area is 146 Å². The maximum atomic E-state index is 12.7. The van der Waals surface area contributed by atoms with Crippen LogP contribution in [0.1, 0.15) is 32.3 Å². The van der Waals surface area contributed by atoms with E-state index in [1.807, 2.05) is 44.5 Å². The van der Waals surface area contributed by atoms with E-state index in [1.165, 1.54) is 0 Å². The standard InChI is InChI=1S/C18H23N4O3/c1-17(2,10-14(19)23)12-4-6-13(7-5-12)21-11-18(15(20)24)8-3-9-22(18)16(21)25/h4-8H,3,9-11H2,1-2H3,(H2,19,23)(H2,20,24)/t18-/m1/s1. The molecule has 0 spiro atoms. The largest absolute Gasteiger partial charge is 0.370 e. The van der Waals surface area contributed by atoms with Crippen molar-refractivity contribution < 1.29 is 14.4 Å². The van der Waals surface area contributed by atoms with Crippen LogP contribution in [0, 0.1) is 6.42 Å². The summed E-state index contributed by atoms with van der Waals surface area (Å²) in [6.07, 6.45) is 2.74. The number of urea groups is 1. The minimum absolute atomic E-state index is 0.211. The van der Waals surface area contributed by atoms with Crippen LogP contribution in [0.15, 0.2) is 24.3 Å². The second kappa shape index (κ2) is 5.75. The summed E-state index contributed by atoms with van der Waals surface area (Å²) in [5, 5.41) is 0. The summed E-state index contributed by atoms with van der Waals surface area (Å²) < 4.78 is 0. The Morgan fingerprint density at radius 2 is 1.84 bits per heavy atom. The lowest BCUT2D eigenvalue weighted by Gasteiger charge is -2.25. The minimum atomic E-state index is -1.01. The Kier molecular flexibility index (Phi) is 3.97. The second-order valence-electron chi connectivity index (χ2n) is 7.38. The molecule has 1 atom stereocenters.